The Morgan fingerprint density at radius 3 is 2.51 bits per heavy atom. The van der Waals surface area contributed by atoms with Crippen molar-refractivity contribution in [1.82, 2.24) is 20.4 Å². The summed E-state index contributed by atoms with van der Waals surface area (Å²) in [5.41, 5.74) is 1.86. The summed E-state index contributed by atoms with van der Waals surface area (Å²) in [4.78, 5) is 6.42. The molecule has 1 aromatic rings. The van der Waals surface area contributed by atoms with Crippen molar-refractivity contribution in [3.05, 3.63) is 60.6 Å². The van der Waals surface area contributed by atoms with Crippen LogP contribution in [0.15, 0.2) is 43.6 Å². The fourth-order valence-corrected chi connectivity index (χ4v) is 5.26. The summed E-state index contributed by atoms with van der Waals surface area (Å²) in [5, 5.41) is 6.39. The number of nitrogens with one attached hydrogen (secondary N) is 2. The highest BCUT2D eigenvalue weighted by Gasteiger charge is 2.35. The number of halogens is 2. The van der Waals surface area contributed by atoms with Crippen LogP contribution in [0, 0.1) is 5.82 Å². The van der Waals surface area contributed by atoms with Gasteiger partial charge in [0, 0.05) is 63.6 Å². The second-order valence-electron chi connectivity index (χ2n) is 9.91. The van der Waals surface area contributed by atoms with E-state index in [4.69, 9.17) is 0 Å². The minimum atomic E-state index is -1.11. The van der Waals surface area contributed by atoms with Crippen LogP contribution < -0.4 is 15.5 Å². The molecular weight excluding hydrogens is 444 g/mol. The first-order chi connectivity index (χ1) is 16.8. The number of rotatable bonds is 12. The molecule has 3 rings (SSSR count). The highest BCUT2D eigenvalue weighted by molar-refractivity contribution is 5.61. The van der Waals surface area contributed by atoms with Crippen LogP contribution in [-0.4, -0.2) is 81.4 Å². The molecular formula is C28H43F2N5. The first-order valence-electron chi connectivity index (χ1n) is 12.8. The lowest BCUT2D eigenvalue weighted by atomic mass is 9.93. The van der Waals surface area contributed by atoms with Crippen molar-refractivity contribution in [1.29, 1.82) is 0 Å². The maximum Gasteiger partial charge on any atom is 0.151 e. The summed E-state index contributed by atoms with van der Waals surface area (Å²) in [7, 11) is 3.87. The molecule has 1 unspecified atom stereocenters. The number of benzene rings is 1. The molecule has 2 aliphatic rings. The second-order valence-corrected chi connectivity index (χ2v) is 9.91. The zero-order valence-electron chi connectivity index (χ0n) is 21.6. The molecule has 1 atom stereocenters. The van der Waals surface area contributed by atoms with Gasteiger partial charge in [0.1, 0.15) is 5.67 Å². The van der Waals surface area contributed by atoms with Crippen molar-refractivity contribution in [2.45, 2.75) is 43.9 Å². The molecule has 5 nitrogen and oxygen atoms in total. The first kappa shape index (κ1) is 27.4. The molecule has 0 spiro atoms. The van der Waals surface area contributed by atoms with Crippen molar-refractivity contribution >= 4 is 11.8 Å². The third-order valence-corrected chi connectivity index (χ3v) is 7.51. The SMILES string of the molecule is C=CCCC(C(=C)NC)N(C)Cc1c(C=C)ccc(N2CCN(CC3(F)CCNCC3)CC2)c1F. The van der Waals surface area contributed by atoms with Crippen molar-refractivity contribution < 1.29 is 8.78 Å². The van der Waals surface area contributed by atoms with Gasteiger partial charge in [-0.3, -0.25) is 9.80 Å². The molecule has 2 heterocycles. The van der Waals surface area contributed by atoms with Gasteiger partial charge in [0.2, 0.25) is 0 Å². The smallest absolute Gasteiger partial charge is 0.151 e. The lowest BCUT2D eigenvalue weighted by Gasteiger charge is -2.40. The van der Waals surface area contributed by atoms with E-state index in [2.05, 4.69) is 45.1 Å². The van der Waals surface area contributed by atoms with Gasteiger partial charge in [-0.05, 0) is 57.5 Å². The van der Waals surface area contributed by atoms with Gasteiger partial charge in [-0.2, -0.15) is 0 Å². The molecule has 0 radical (unpaired) electrons. The molecule has 2 fully saturated rings. The molecule has 0 saturated carbocycles. The Labute approximate surface area is 210 Å². The van der Waals surface area contributed by atoms with E-state index in [9.17, 15) is 0 Å². The van der Waals surface area contributed by atoms with Crippen LogP contribution in [0.3, 0.4) is 0 Å². The highest BCUT2D eigenvalue weighted by atomic mass is 19.1. The normalized spacial score (nSPS) is 19.4. The largest absolute Gasteiger partial charge is 0.391 e. The number of piperazine rings is 1. The Bertz CT molecular complexity index is 872. The van der Waals surface area contributed by atoms with Gasteiger partial charge in [0.25, 0.3) is 0 Å². The van der Waals surface area contributed by atoms with E-state index in [1.54, 1.807) is 6.08 Å². The predicted molar refractivity (Wildman–Crippen MR) is 144 cm³/mol. The Morgan fingerprint density at radius 1 is 1.23 bits per heavy atom. The standard InChI is InChI=1S/C28H43F2N5/c1-6-8-9-25(22(3)31-4)33(5)20-24-23(7-2)10-11-26(27(24)29)35-18-16-34(17-19-35)21-28(30)12-14-32-15-13-28/h6-7,10-11,25,31-32H,1-3,8-9,12-21H2,4-5H3. The zero-order chi connectivity index (χ0) is 25.4. The van der Waals surface area contributed by atoms with E-state index in [1.165, 1.54) is 0 Å². The summed E-state index contributed by atoms with van der Waals surface area (Å²) in [6.07, 6.45) is 6.46. The molecule has 0 aromatic heterocycles. The molecule has 0 bridgehead atoms. The van der Waals surface area contributed by atoms with E-state index in [-0.39, 0.29) is 11.9 Å². The van der Waals surface area contributed by atoms with Crippen LogP contribution in [0.25, 0.3) is 6.08 Å². The molecule has 0 amide bonds. The summed E-state index contributed by atoms with van der Waals surface area (Å²) in [6.45, 7) is 17.1. The Balaban J connectivity index is 1.71. The topological polar surface area (TPSA) is 33.8 Å². The van der Waals surface area contributed by atoms with Crippen LogP contribution in [-0.2, 0) is 6.54 Å². The average Bonchev–Trinajstić information content (AvgIpc) is 2.86. The first-order valence-corrected chi connectivity index (χ1v) is 12.8. The predicted octanol–water partition coefficient (Wildman–Crippen LogP) is 4.18. The van der Waals surface area contributed by atoms with Crippen LogP contribution in [0.4, 0.5) is 14.5 Å². The number of allylic oxidation sites excluding steroid dienone is 1. The lowest BCUT2D eigenvalue weighted by Crippen LogP contribution is -2.53. The minimum Gasteiger partial charge on any atom is -0.391 e. The highest BCUT2D eigenvalue weighted by Crippen LogP contribution is 2.30. The van der Waals surface area contributed by atoms with Gasteiger partial charge in [-0.25, -0.2) is 8.78 Å². The van der Waals surface area contributed by atoms with E-state index in [1.807, 2.05) is 32.3 Å². The molecule has 7 heteroatoms. The van der Waals surface area contributed by atoms with Crippen molar-refractivity contribution in [3.63, 3.8) is 0 Å². The maximum absolute atomic E-state index is 15.9. The molecule has 1 aromatic carbocycles. The Hall–Kier alpha value is -2.22. The molecule has 0 aliphatic carbocycles. The Morgan fingerprint density at radius 2 is 1.91 bits per heavy atom. The number of hydrogen-bond donors (Lipinski definition) is 2. The molecule has 35 heavy (non-hydrogen) atoms. The molecule has 2 saturated heterocycles. The average molecular weight is 488 g/mol. The summed E-state index contributed by atoms with van der Waals surface area (Å²) < 4.78 is 31.1. The summed E-state index contributed by atoms with van der Waals surface area (Å²) in [5.74, 6) is -0.194. The number of likely N-dealkylation sites (N-methyl/N-ethyl adjacent to an activating group) is 2. The van der Waals surface area contributed by atoms with Crippen molar-refractivity contribution in [3.8, 4) is 0 Å². The van der Waals surface area contributed by atoms with E-state index >= 15 is 8.78 Å². The fraction of sp³-hybridized carbons (Fsp3) is 0.571. The van der Waals surface area contributed by atoms with Gasteiger partial charge in [-0.1, -0.05) is 31.4 Å². The maximum atomic E-state index is 15.9. The lowest BCUT2D eigenvalue weighted by molar-refractivity contribution is 0.0591. The van der Waals surface area contributed by atoms with Crippen molar-refractivity contribution in [2.75, 3.05) is 64.8 Å². The van der Waals surface area contributed by atoms with Crippen molar-refractivity contribution in [2.24, 2.45) is 0 Å². The van der Waals surface area contributed by atoms with E-state index < -0.39 is 5.67 Å². The monoisotopic (exact) mass is 487 g/mol. The third kappa shape index (κ3) is 6.93. The second kappa shape index (κ2) is 12.7. The van der Waals surface area contributed by atoms with Gasteiger partial charge < -0.3 is 15.5 Å². The molecule has 194 valence electrons. The quantitative estimate of drug-likeness (QED) is 0.433. The van der Waals surface area contributed by atoms with Crippen LogP contribution in [0.5, 0.6) is 0 Å². The third-order valence-electron chi connectivity index (χ3n) is 7.51. The minimum absolute atomic E-state index is 0.0604. The van der Waals surface area contributed by atoms with Crippen LogP contribution >= 0.6 is 0 Å². The number of hydrogen-bond acceptors (Lipinski definition) is 5. The number of nitrogens with zero attached hydrogens (tertiary/aromatic N) is 3. The van der Waals surface area contributed by atoms with Gasteiger partial charge in [0.05, 0.1) is 5.69 Å². The number of piperidine rings is 1. The zero-order valence-corrected chi connectivity index (χ0v) is 21.6. The van der Waals surface area contributed by atoms with Gasteiger partial charge >= 0.3 is 0 Å². The van der Waals surface area contributed by atoms with E-state index in [0.717, 1.165) is 50.3 Å². The number of anilines is 1. The molecule has 2 N–H and O–H groups in total. The summed E-state index contributed by atoms with van der Waals surface area (Å²) in [6, 6.07) is 3.87. The van der Waals surface area contributed by atoms with Gasteiger partial charge in [0.15, 0.2) is 5.82 Å². The fourth-order valence-electron chi connectivity index (χ4n) is 5.26. The number of alkyl halides is 1. The van der Waals surface area contributed by atoms with Gasteiger partial charge in [-0.15, -0.1) is 6.58 Å². The molecule has 2 aliphatic heterocycles. The van der Waals surface area contributed by atoms with E-state index in [0.29, 0.717) is 50.3 Å². The van der Waals surface area contributed by atoms with Crippen LogP contribution in [0.1, 0.15) is 36.8 Å². The summed E-state index contributed by atoms with van der Waals surface area (Å²) >= 11 is 0. The van der Waals surface area contributed by atoms with Crippen LogP contribution in [0.2, 0.25) is 0 Å². The Kier molecular flexibility index (Phi) is 9.89.